The van der Waals surface area contributed by atoms with Gasteiger partial charge in [0.2, 0.25) is 5.91 Å². The summed E-state index contributed by atoms with van der Waals surface area (Å²) in [5, 5.41) is 6.27. The van der Waals surface area contributed by atoms with E-state index in [1.807, 2.05) is 73.8 Å². The smallest absolute Gasteiger partial charge is 0.288 e. The molecular weight excluding hydrogens is 462 g/mol. The third-order valence-corrected chi connectivity index (χ3v) is 6.80. The number of aromatic nitrogens is 3. The molecule has 0 saturated carbocycles. The van der Waals surface area contributed by atoms with Crippen molar-refractivity contribution >= 4 is 17.3 Å². The largest absolute Gasteiger partial charge is 0.307 e. The van der Waals surface area contributed by atoms with Gasteiger partial charge in [-0.3, -0.25) is 15.0 Å². The molecule has 4 aromatic rings. The minimum Gasteiger partial charge on any atom is -0.288 e. The fourth-order valence-electron chi connectivity index (χ4n) is 5.01. The predicted octanol–water partition coefficient (Wildman–Crippen LogP) is 4.12. The lowest BCUT2D eigenvalue weighted by molar-refractivity contribution is -0.674. The van der Waals surface area contributed by atoms with Crippen LogP contribution in [0.4, 0.5) is 0 Å². The van der Waals surface area contributed by atoms with E-state index < -0.39 is 0 Å². The van der Waals surface area contributed by atoms with E-state index >= 15 is 0 Å². The van der Waals surface area contributed by atoms with Crippen molar-refractivity contribution in [3.8, 4) is 0 Å². The van der Waals surface area contributed by atoms with Gasteiger partial charge in [0.15, 0.2) is 0 Å². The molecule has 1 aliphatic rings. The summed E-state index contributed by atoms with van der Waals surface area (Å²) in [6.07, 6.45) is 4.23. The van der Waals surface area contributed by atoms with Crippen LogP contribution in [0.5, 0.6) is 0 Å². The van der Waals surface area contributed by atoms with Crippen LogP contribution in [-0.2, 0) is 18.9 Å². The third-order valence-electron chi connectivity index (χ3n) is 6.80. The summed E-state index contributed by atoms with van der Waals surface area (Å²) in [5.74, 6) is 0.345. The maximum Gasteiger partial charge on any atom is 0.307 e. The summed E-state index contributed by atoms with van der Waals surface area (Å²) in [7, 11) is 3.58. The van der Waals surface area contributed by atoms with E-state index in [2.05, 4.69) is 39.8 Å². The molecule has 0 aliphatic carbocycles. The van der Waals surface area contributed by atoms with Gasteiger partial charge < -0.3 is 0 Å². The fraction of sp³-hybridized carbons (Fsp3) is 0.200. The maximum atomic E-state index is 13.5. The fourth-order valence-corrected chi connectivity index (χ4v) is 5.01. The van der Waals surface area contributed by atoms with Gasteiger partial charge in [-0.2, -0.15) is 0 Å². The number of carbonyl (C=O) groups excluding carboxylic acids is 2. The number of allylic oxidation sites excluding steroid dienone is 1. The lowest BCUT2D eigenvalue weighted by atomic mass is 9.91. The molecule has 2 unspecified atom stereocenters. The maximum absolute atomic E-state index is 13.5. The highest BCUT2D eigenvalue weighted by Gasteiger charge is 2.37. The minimum absolute atomic E-state index is 0.0157. The molecule has 0 radical (unpaired) electrons. The van der Waals surface area contributed by atoms with E-state index in [0.717, 1.165) is 22.3 Å². The highest BCUT2D eigenvalue weighted by atomic mass is 16.2. The zero-order chi connectivity index (χ0) is 25.8. The van der Waals surface area contributed by atoms with Crippen molar-refractivity contribution in [3.63, 3.8) is 0 Å². The molecule has 1 saturated heterocycles. The molecule has 186 valence electrons. The Morgan fingerprint density at radius 2 is 1.65 bits per heavy atom. The minimum atomic E-state index is -0.197. The van der Waals surface area contributed by atoms with Crippen LogP contribution in [0, 0.1) is 0 Å². The van der Waals surface area contributed by atoms with Crippen LogP contribution in [0.3, 0.4) is 0 Å². The summed E-state index contributed by atoms with van der Waals surface area (Å²) < 4.78 is 3.31. The second kappa shape index (κ2) is 10.7. The third kappa shape index (κ3) is 5.27. The van der Waals surface area contributed by atoms with Crippen molar-refractivity contribution in [2.45, 2.75) is 24.9 Å². The first-order valence-corrected chi connectivity index (χ1v) is 12.4. The highest BCUT2D eigenvalue weighted by molar-refractivity contribution is 6.05. The van der Waals surface area contributed by atoms with E-state index in [1.54, 1.807) is 28.7 Å². The number of ketones is 1. The summed E-state index contributed by atoms with van der Waals surface area (Å²) in [4.78, 5) is 26.2. The Hall–Kier alpha value is -4.36. The van der Waals surface area contributed by atoms with Gasteiger partial charge in [-0.25, -0.2) is 9.58 Å². The molecule has 2 atom stereocenters. The standard InChI is InChI=1S/C30H29N5O2/c1-33-21-31-34(2)30(33)28(36)19-25(22-12-6-3-7-13-22)18-26(23-14-8-4-9-15-23)35-27(20-29(37)32-35)24-16-10-5-11-17-24/h3-17,19,21,26-27H,18,20H2,1-2H3/p+1/b25-19+. The highest BCUT2D eigenvalue weighted by Crippen LogP contribution is 2.39. The van der Waals surface area contributed by atoms with Crippen LogP contribution in [-0.4, -0.2) is 26.5 Å². The van der Waals surface area contributed by atoms with Crippen molar-refractivity contribution in [1.29, 1.82) is 0 Å². The molecule has 5 rings (SSSR count). The van der Waals surface area contributed by atoms with E-state index in [0.29, 0.717) is 18.7 Å². The van der Waals surface area contributed by atoms with Crippen LogP contribution >= 0.6 is 0 Å². The van der Waals surface area contributed by atoms with Crippen LogP contribution < -0.4 is 9.99 Å². The molecule has 3 aromatic carbocycles. The Bertz CT molecular complexity index is 1390. The zero-order valence-electron chi connectivity index (χ0n) is 21.0. The van der Waals surface area contributed by atoms with Gasteiger partial charge in [0.25, 0.3) is 12.1 Å². The molecule has 7 heteroatoms. The number of hydrogen-bond acceptors (Lipinski definition) is 4. The van der Waals surface area contributed by atoms with Gasteiger partial charge in [-0.05, 0) is 34.8 Å². The molecule has 37 heavy (non-hydrogen) atoms. The Balaban J connectivity index is 1.58. The monoisotopic (exact) mass is 492 g/mol. The van der Waals surface area contributed by atoms with Gasteiger partial charge in [0.05, 0.1) is 26.2 Å². The molecular formula is C30H30N5O2+. The summed E-state index contributed by atoms with van der Waals surface area (Å²) in [5.41, 5.74) is 7.10. The van der Waals surface area contributed by atoms with Gasteiger partial charge in [-0.1, -0.05) is 91.0 Å². The average molecular weight is 493 g/mol. The van der Waals surface area contributed by atoms with Gasteiger partial charge in [0, 0.05) is 11.5 Å². The Kier molecular flexibility index (Phi) is 7.05. The van der Waals surface area contributed by atoms with Gasteiger partial charge >= 0.3 is 5.82 Å². The topological polar surface area (TPSA) is 71.1 Å². The second-order valence-corrected chi connectivity index (χ2v) is 9.29. The molecule has 2 heterocycles. The van der Waals surface area contributed by atoms with Crippen molar-refractivity contribution in [2.75, 3.05) is 0 Å². The van der Waals surface area contributed by atoms with Crippen molar-refractivity contribution < 1.29 is 14.2 Å². The summed E-state index contributed by atoms with van der Waals surface area (Å²) in [6.45, 7) is 0. The zero-order valence-corrected chi connectivity index (χ0v) is 21.0. The molecule has 1 amide bonds. The lowest BCUT2D eigenvalue weighted by Crippen LogP contribution is -2.38. The normalized spacial score (nSPS) is 17.0. The molecule has 1 N–H and O–H groups in total. The molecule has 1 aliphatic heterocycles. The number of nitrogens with one attached hydrogen (secondary N) is 1. The average Bonchev–Trinajstić information content (AvgIpc) is 3.48. The molecule has 7 nitrogen and oxygen atoms in total. The van der Waals surface area contributed by atoms with Gasteiger partial charge in [0.1, 0.15) is 0 Å². The predicted molar refractivity (Wildman–Crippen MR) is 141 cm³/mol. The molecule has 0 bridgehead atoms. The van der Waals surface area contributed by atoms with Crippen LogP contribution in [0.25, 0.3) is 5.57 Å². The first kappa shape index (κ1) is 24.3. The van der Waals surface area contributed by atoms with E-state index in [1.165, 1.54) is 0 Å². The molecule has 1 aromatic heterocycles. The van der Waals surface area contributed by atoms with Gasteiger partial charge in [-0.15, -0.1) is 4.68 Å². The molecule has 1 fully saturated rings. The van der Waals surface area contributed by atoms with Crippen LogP contribution in [0.1, 0.15) is 52.2 Å². The lowest BCUT2D eigenvalue weighted by Gasteiger charge is -2.33. The van der Waals surface area contributed by atoms with Crippen molar-refractivity contribution in [3.05, 3.63) is 126 Å². The Labute approximate surface area is 216 Å². The van der Waals surface area contributed by atoms with E-state index in [9.17, 15) is 9.59 Å². The second-order valence-electron chi connectivity index (χ2n) is 9.29. The number of aryl methyl sites for hydroxylation is 2. The van der Waals surface area contributed by atoms with E-state index in [4.69, 9.17) is 0 Å². The first-order valence-electron chi connectivity index (χ1n) is 12.4. The van der Waals surface area contributed by atoms with E-state index in [-0.39, 0.29) is 23.8 Å². The number of benzene rings is 3. The summed E-state index contributed by atoms with van der Waals surface area (Å²) >= 11 is 0. The Morgan fingerprint density at radius 1 is 1.03 bits per heavy atom. The number of amides is 1. The van der Waals surface area contributed by atoms with Crippen LogP contribution in [0.15, 0.2) is 103 Å². The molecule has 0 spiro atoms. The summed E-state index contributed by atoms with van der Waals surface area (Å²) in [6, 6.07) is 29.8. The first-order chi connectivity index (χ1) is 18.0. The number of hydrogen-bond donors (Lipinski definition) is 1. The van der Waals surface area contributed by atoms with Crippen LogP contribution in [0.2, 0.25) is 0 Å². The van der Waals surface area contributed by atoms with Crippen molar-refractivity contribution in [1.82, 2.24) is 20.2 Å². The number of nitrogens with zero attached hydrogens (tertiary/aromatic N) is 4. The Morgan fingerprint density at radius 3 is 2.27 bits per heavy atom. The number of carbonyl (C=O) groups is 2. The SMILES string of the molecule is Cn1nc[n+](C)c1C(=O)/C=C(\CC(c1ccccc1)N1NC(=O)CC1c1ccccc1)c1ccccc1. The van der Waals surface area contributed by atoms with Crippen molar-refractivity contribution in [2.24, 2.45) is 14.1 Å². The number of rotatable bonds is 8. The number of hydrazine groups is 1. The quantitative estimate of drug-likeness (QED) is 0.228.